The van der Waals surface area contributed by atoms with Crippen LogP contribution in [0.4, 0.5) is 13.2 Å². The molecular formula is C14H9F3N2O2S2. The van der Waals surface area contributed by atoms with Gasteiger partial charge in [0.25, 0.3) is 0 Å². The van der Waals surface area contributed by atoms with Crippen LogP contribution >= 0.6 is 23.1 Å². The normalized spacial score (nSPS) is 11.7. The Kier molecular flexibility index (Phi) is 4.31. The number of aromatic nitrogens is 2. The van der Waals surface area contributed by atoms with E-state index in [-0.39, 0.29) is 11.5 Å². The maximum atomic E-state index is 12.3. The molecule has 0 saturated heterocycles. The molecule has 0 saturated carbocycles. The zero-order chi connectivity index (χ0) is 16.4. The van der Waals surface area contributed by atoms with Crippen molar-refractivity contribution in [1.29, 1.82) is 0 Å². The van der Waals surface area contributed by atoms with Gasteiger partial charge < -0.3 is 9.47 Å². The summed E-state index contributed by atoms with van der Waals surface area (Å²) in [7, 11) is 0. The lowest BCUT2D eigenvalue weighted by Gasteiger charge is -2.10. The van der Waals surface area contributed by atoms with Gasteiger partial charge in [0.1, 0.15) is 21.9 Å². The Labute approximate surface area is 137 Å². The van der Waals surface area contributed by atoms with Crippen molar-refractivity contribution in [2.75, 3.05) is 6.26 Å². The average molecular weight is 358 g/mol. The van der Waals surface area contributed by atoms with Gasteiger partial charge in [-0.05, 0) is 18.4 Å². The zero-order valence-electron chi connectivity index (χ0n) is 11.6. The predicted molar refractivity (Wildman–Crippen MR) is 82.4 cm³/mol. The molecule has 0 bridgehead atoms. The van der Waals surface area contributed by atoms with Crippen LogP contribution in [0.15, 0.2) is 40.9 Å². The second-order valence-electron chi connectivity index (χ2n) is 4.27. The van der Waals surface area contributed by atoms with Gasteiger partial charge in [-0.3, -0.25) is 0 Å². The lowest BCUT2D eigenvalue weighted by atomic mass is 10.3. The summed E-state index contributed by atoms with van der Waals surface area (Å²) in [5.41, 5.74) is 0.541. The van der Waals surface area contributed by atoms with Crippen LogP contribution in [0.3, 0.4) is 0 Å². The second-order valence-corrected chi connectivity index (χ2v) is 6.32. The standard InChI is InChI=1S/C14H9F3N2O2S2/c1-22-13-19-12-11(23-13)10(5-6-18-12)20-8-3-2-4-9(7-8)21-14(15,16)17/h2-7H,1H3. The number of pyridine rings is 1. The van der Waals surface area contributed by atoms with Crippen LogP contribution in [0.5, 0.6) is 17.2 Å². The smallest absolute Gasteiger partial charge is 0.456 e. The van der Waals surface area contributed by atoms with Crippen molar-refractivity contribution in [3.63, 3.8) is 0 Å². The molecule has 0 amide bonds. The summed E-state index contributed by atoms with van der Waals surface area (Å²) < 4.78 is 47.9. The van der Waals surface area contributed by atoms with E-state index in [9.17, 15) is 13.2 Å². The molecule has 3 aromatic rings. The highest BCUT2D eigenvalue weighted by Gasteiger charge is 2.31. The van der Waals surface area contributed by atoms with Gasteiger partial charge >= 0.3 is 6.36 Å². The molecule has 0 spiro atoms. The minimum absolute atomic E-state index is 0.235. The average Bonchev–Trinajstić information content (AvgIpc) is 2.90. The molecule has 0 atom stereocenters. The number of nitrogens with zero attached hydrogens (tertiary/aromatic N) is 2. The fraction of sp³-hybridized carbons (Fsp3) is 0.143. The minimum Gasteiger partial charge on any atom is -0.456 e. The monoisotopic (exact) mass is 358 g/mol. The summed E-state index contributed by atoms with van der Waals surface area (Å²) in [4.78, 5) is 8.47. The topological polar surface area (TPSA) is 44.2 Å². The van der Waals surface area contributed by atoms with Gasteiger partial charge in [0.05, 0.1) is 0 Å². The summed E-state index contributed by atoms with van der Waals surface area (Å²) in [6, 6.07) is 7.00. The van der Waals surface area contributed by atoms with E-state index in [0.717, 1.165) is 9.04 Å². The maximum absolute atomic E-state index is 12.3. The molecule has 0 fully saturated rings. The lowest BCUT2D eigenvalue weighted by Crippen LogP contribution is -2.17. The fourth-order valence-corrected chi connectivity index (χ4v) is 3.29. The van der Waals surface area contributed by atoms with Gasteiger partial charge in [-0.2, -0.15) is 0 Å². The fourth-order valence-electron chi connectivity index (χ4n) is 1.82. The molecule has 9 heteroatoms. The van der Waals surface area contributed by atoms with Gasteiger partial charge in [0.15, 0.2) is 9.99 Å². The van der Waals surface area contributed by atoms with Crippen LogP contribution in [-0.4, -0.2) is 22.6 Å². The molecule has 0 aliphatic rings. The first-order chi connectivity index (χ1) is 10.9. The Morgan fingerprint density at radius 1 is 1.17 bits per heavy atom. The van der Waals surface area contributed by atoms with Crippen molar-refractivity contribution in [2.24, 2.45) is 0 Å². The van der Waals surface area contributed by atoms with Crippen LogP contribution in [0.2, 0.25) is 0 Å². The first-order valence-electron chi connectivity index (χ1n) is 6.28. The summed E-state index contributed by atoms with van der Waals surface area (Å²) >= 11 is 2.90. The Bertz CT molecular complexity index is 836. The number of rotatable bonds is 4. The van der Waals surface area contributed by atoms with Gasteiger partial charge in [-0.15, -0.1) is 24.5 Å². The SMILES string of the molecule is CSc1nc2nccc(Oc3cccc(OC(F)(F)F)c3)c2s1. The number of halogens is 3. The van der Waals surface area contributed by atoms with Gasteiger partial charge in [-0.1, -0.05) is 17.8 Å². The van der Waals surface area contributed by atoms with Gasteiger partial charge in [-0.25, -0.2) is 9.97 Å². The van der Waals surface area contributed by atoms with Gasteiger partial charge in [0.2, 0.25) is 0 Å². The van der Waals surface area contributed by atoms with E-state index in [0.29, 0.717) is 11.4 Å². The van der Waals surface area contributed by atoms with Crippen molar-refractivity contribution in [3.05, 3.63) is 36.5 Å². The molecule has 4 nitrogen and oxygen atoms in total. The Hall–Kier alpha value is -2.00. The van der Waals surface area contributed by atoms with Crippen LogP contribution in [-0.2, 0) is 0 Å². The number of hydrogen-bond acceptors (Lipinski definition) is 6. The number of ether oxygens (including phenoxy) is 2. The Morgan fingerprint density at radius 3 is 2.70 bits per heavy atom. The molecule has 0 aliphatic heterocycles. The van der Waals surface area contributed by atoms with Crippen molar-refractivity contribution < 1.29 is 22.6 Å². The molecule has 0 radical (unpaired) electrons. The van der Waals surface area contributed by atoms with Crippen LogP contribution in [0.1, 0.15) is 0 Å². The minimum atomic E-state index is -4.74. The predicted octanol–water partition coefficient (Wildman–Crippen LogP) is 5.10. The molecule has 2 heterocycles. The molecule has 120 valence electrons. The molecule has 3 rings (SSSR count). The first kappa shape index (κ1) is 15.9. The third-order valence-corrected chi connectivity index (χ3v) is 4.72. The van der Waals surface area contributed by atoms with Crippen molar-refractivity contribution in [2.45, 2.75) is 10.7 Å². The highest BCUT2D eigenvalue weighted by Crippen LogP contribution is 2.36. The number of thiazole rings is 1. The van der Waals surface area contributed by atoms with E-state index >= 15 is 0 Å². The first-order valence-corrected chi connectivity index (χ1v) is 8.32. The number of alkyl halides is 3. The molecule has 0 N–H and O–H groups in total. The van der Waals surface area contributed by atoms with E-state index in [4.69, 9.17) is 4.74 Å². The molecule has 0 aliphatic carbocycles. The quantitative estimate of drug-likeness (QED) is 0.607. The van der Waals surface area contributed by atoms with Gasteiger partial charge in [0, 0.05) is 18.3 Å². The summed E-state index contributed by atoms with van der Waals surface area (Å²) in [6.07, 6.45) is -1.30. The largest absolute Gasteiger partial charge is 0.573 e. The number of hydrogen-bond donors (Lipinski definition) is 0. The van der Waals surface area contributed by atoms with E-state index in [1.807, 2.05) is 6.26 Å². The molecule has 1 aromatic carbocycles. The van der Waals surface area contributed by atoms with E-state index in [1.165, 1.54) is 47.5 Å². The maximum Gasteiger partial charge on any atom is 0.573 e. The highest BCUT2D eigenvalue weighted by molar-refractivity contribution is 8.00. The van der Waals surface area contributed by atoms with Crippen LogP contribution in [0.25, 0.3) is 10.3 Å². The van der Waals surface area contributed by atoms with E-state index < -0.39 is 6.36 Å². The molecule has 0 unspecified atom stereocenters. The summed E-state index contributed by atoms with van der Waals surface area (Å²) in [6.45, 7) is 0. The van der Waals surface area contributed by atoms with Crippen molar-refractivity contribution in [3.8, 4) is 17.2 Å². The Morgan fingerprint density at radius 2 is 1.96 bits per heavy atom. The third-order valence-electron chi connectivity index (χ3n) is 2.68. The number of fused-ring (bicyclic) bond motifs is 1. The second kappa shape index (κ2) is 6.25. The summed E-state index contributed by atoms with van der Waals surface area (Å²) in [5.74, 6) is 0.379. The van der Waals surface area contributed by atoms with Crippen molar-refractivity contribution in [1.82, 2.24) is 9.97 Å². The lowest BCUT2D eigenvalue weighted by molar-refractivity contribution is -0.274. The summed E-state index contributed by atoms with van der Waals surface area (Å²) in [5, 5.41) is 0. The third kappa shape index (κ3) is 3.85. The number of thioether (sulfide) groups is 1. The van der Waals surface area contributed by atoms with E-state index in [2.05, 4.69) is 14.7 Å². The number of benzene rings is 1. The van der Waals surface area contributed by atoms with Crippen LogP contribution in [0, 0.1) is 0 Å². The van der Waals surface area contributed by atoms with Crippen LogP contribution < -0.4 is 9.47 Å². The molecule has 23 heavy (non-hydrogen) atoms. The van der Waals surface area contributed by atoms with E-state index in [1.54, 1.807) is 12.1 Å². The zero-order valence-corrected chi connectivity index (χ0v) is 13.3. The molecular weight excluding hydrogens is 349 g/mol. The molecule has 2 aromatic heterocycles. The Balaban J connectivity index is 1.90. The highest BCUT2D eigenvalue weighted by atomic mass is 32.2. The van der Waals surface area contributed by atoms with Crippen molar-refractivity contribution >= 4 is 33.4 Å².